The molecule has 0 bridgehead atoms. The van der Waals surface area contributed by atoms with Gasteiger partial charge in [-0.1, -0.05) is 58.3 Å². The zero-order valence-electron chi connectivity index (χ0n) is 11.9. The van der Waals surface area contributed by atoms with Gasteiger partial charge in [-0.05, 0) is 31.1 Å². The van der Waals surface area contributed by atoms with Gasteiger partial charge in [0.2, 0.25) is 0 Å². The summed E-state index contributed by atoms with van der Waals surface area (Å²) >= 11 is 0. The molecule has 0 aliphatic heterocycles. The van der Waals surface area contributed by atoms with Gasteiger partial charge in [0.05, 0.1) is 11.7 Å². The Kier molecular flexibility index (Phi) is 5.08. The van der Waals surface area contributed by atoms with Crippen molar-refractivity contribution in [1.29, 1.82) is 0 Å². The summed E-state index contributed by atoms with van der Waals surface area (Å²) in [5.74, 6) is 0.966. The van der Waals surface area contributed by atoms with Crippen LogP contribution in [0.25, 0.3) is 0 Å². The van der Waals surface area contributed by atoms with E-state index in [4.69, 9.17) is 0 Å². The van der Waals surface area contributed by atoms with Gasteiger partial charge in [-0.15, -0.1) is 0 Å². The third-order valence-electron chi connectivity index (χ3n) is 5.42. The van der Waals surface area contributed by atoms with Gasteiger partial charge in [-0.2, -0.15) is 0 Å². The quantitative estimate of drug-likeness (QED) is 0.755. The molecule has 0 heterocycles. The number of aliphatic hydroxyl groups excluding tert-OH is 1. The minimum atomic E-state index is -0.786. The molecule has 3 unspecified atom stereocenters. The van der Waals surface area contributed by atoms with Gasteiger partial charge in [0.15, 0.2) is 0 Å². The van der Waals surface area contributed by atoms with Crippen LogP contribution in [0.5, 0.6) is 0 Å². The molecular weight excluding hydrogens is 224 g/mol. The molecule has 106 valence electrons. The first-order valence-corrected chi connectivity index (χ1v) is 8.08. The van der Waals surface area contributed by atoms with Crippen molar-refractivity contribution >= 4 is 0 Å². The minimum Gasteiger partial charge on any atom is -0.390 e. The lowest BCUT2D eigenvalue weighted by atomic mass is 9.69. The molecule has 2 aliphatic rings. The van der Waals surface area contributed by atoms with Crippen LogP contribution in [0, 0.1) is 11.8 Å². The summed E-state index contributed by atoms with van der Waals surface area (Å²) in [5.41, 5.74) is -0.786. The Balaban J connectivity index is 2.04. The summed E-state index contributed by atoms with van der Waals surface area (Å²) in [6.45, 7) is 2.23. The van der Waals surface area contributed by atoms with Crippen LogP contribution in [-0.2, 0) is 0 Å². The van der Waals surface area contributed by atoms with E-state index in [2.05, 4.69) is 6.92 Å². The molecule has 0 amide bonds. The van der Waals surface area contributed by atoms with Crippen LogP contribution in [0.3, 0.4) is 0 Å². The molecule has 2 N–H and O–H groups in total. The summed E-state index contributed by atoms with van der Waals surface area (Å²) in [7, 11) is 0. The topological polar surface area (TPSA) is 40.5 Å². The first-order valence-electron chi connectivity index (χ1n) is 8.08. The number of aliphatic hydroxyl groups is 2. The molecule has 0 aromatic rings. The third-order valence-corrected chi connectivity index (χ3v) is 5.42. The maximum absolute atomic E-state index is 10.8. The van der Waals surface area contributed by atoms with Gasteiger partial charge >= 0.3 is 0 Å². The Labute approximate surface area is 112 Å². The Morgan fingerprint density at radius 3 is 2.22 bits per heavy atom. The fraction of sp³-hybridized carbons (Fsp3) is 1.00. The van der Waals surface area contributed by atoms with Crippen molar-refractivity contribution in [2.45, 2.75) is 89.3 Å². The Hall–Kier alpha value is -0.0800. The molecule has 2 saturated carbocycles. The highest BCUT2D eigenvalue weighted by Crippen LogP contribution is 2.41. The van der Waals surface area contributed by atoms with E-state index in [9.17, 15) is 10.2 Å². The highest BCUT2D eigenvalue weighted by atomic mass is 16.3. The molecular formula is C16H30O2. The van der Waals surface area contributed by atoms with Gasteiger partial charge in [0, 0.05) is 0 Å². The van der Waals surface area contributed by atoms with Crippen molar-refractivity contribution in [1.82, 2.24) is 0 Å². The summed E-state index contributed by atoms with van der Waals surface area (Å²) in [4.78, 5) is 0. The van der Waals surface area contributed by atoms with Crippen LogP contribution in [0.4, 0.5) is 0 Å². The molecule has 0 saturated heterocycles. The molecule has 18 heavy (non-hydrogen) atoms. The van der Waals surface area contributed by atoms with E-state index in [-0.39, 0.29) is 0 Å². The highest BCUT2D eigenvalue weighted by Gasteiger charge is 2.43. The second kappa shape index (κ2) is 6.38. The maximum Gasteiger partial charge on any atom is 0.0908 e. The second-order valence-electron chi connectivity index (χ2n) is 6.58. The van der Waals surface area contributed by atoms with Gasteiger partial charge in [0.1, 0.15) is 0 Å². The fourth-order valence-electron chi connectivity index (χ4n) is 4.19. The van der Waals surface area contributed by atoms with E-state index in [1.165, 1.54) is 32.1 Å². The third kappa shape index (κ3) is 3.08. The van der Waals surface area contributed by atoms with Crippen molar-refractivity contribution in [3.8, 4) is 0 Å². The molecule has 2 heteroatoms. The predicted molar refractivity (Wildman–Crippen MR) is 74.4 cm³/mol. The van der Waals surface area contributed by atoms with E-state index >= 15 is 0 Å². The van der Waals surface area contributed by atoms with Crippen LogP contribution >= 0.6 is 0 Å². The van der Waals surface area contributed by atoms with Crippen LogP contribution in [-0.4, -0.2) is 21.9 Å². The molecule has 2 aliphatic carbocycles. The molecule has 2 fully saturated rings. The average molecular weight is 254 g/mol. The Morgan fingerprint density at radius 2 is 1.61 bits per heavy atom. The lowest BCUT2D eigenvalue weighted by Crippen LogP contribution is -2.49. The number of hydrogen-bond donors (Lipinski definition) is 2. The SMILES string of the molecule is CCC1CCCCC1C(O)C1(O)CCCCCC1. The van der Waals surface area contributed by atoms with Gasteiger partial charge in [0.25, 0.3) is 0 Å². The number of hydrogen-bond acceptors (Lipinski definition) is 2. The molecule has 0 aromatic carbocycles. The normalized spacial score (nSPS) is 34.8. The van der Waals surface area contributed by atoms with Crippen molar-refractivity contribution < 1.29 is 10.2 Å². The lowest BCUT2D eigenvalue weighted by Gasteiger charge is -2.42. The van der Waals surface area contributed by atoms with E-state index < -0.39 is 11.7 Å². The van der Waals surface area contributed by atoms with E-state index in [1.54, 1.807) is 0 Å². The largest absolute Gasteiger partial charge is 0.390 e. The van der Waals surface area contributed by atoms with Crippen LogP contribution in [0.15, 0.2) is 0 Å². The van der Waals surface area contributed by atoms with E-state index in [0.29, 0.717) is 11.8 Å². The smallest absolute Gasteiger partial charge is 0.0908 e. The van der Waals surface area contributed by atoms with Crippen molar-refractivity contribution in [2.75, 3.05) is 0 Å². The molecule has 2 rings (SSSR count). The zero-order chi connectivity index (χ0) is 13.0. The van der Waals surface area contributed by atoms with E-state index in [0.717, 1.165) is 38.5 Å². The number of rotatable bonds is 3. The van der Waals surface area contributed by atoms with E-state index in [1.807, 2.05) is 0 Å². The predicted octanol–water partition coefficient (Wildman–Crippen LogP) is 3.65. The molecule has 2 nitrogen and oxygen atoms in total. The average Bonchev–Trinajstić information content (AvgIpc) is 2.63. The standard InChI is InChI=1S/C16H30O2/c1-2-13-9-5-6-10-14(13)15(17)16(18)11-7-3-4-8-12-16/h13-15,17-18H,2-12H2,1H3. The molecule has 0 aromatic heterocycles. The van der Waals surface area contributed by atoms with Gasteiger partial charge < -0.3 is 10.2 Å². The molecule has 0 radical (unpaired) electrons. The molecule has 0 spiro atoms. The minimum absolute atomic E-state index is 0.340. The Morgan fingerprint density at radius 1 is 1.00 bits per heavy atom. The van der Waals surface area contributed by atoms with Crippen LogP contribution in [0.1, 0.15) is 77.6 Å². The first kappa shape index (κ1) is 14.3. The fourth-order valence-corrected chi connectivity index (χ4v) is 4.19. The van der Waals surface area contributed by atoms with Crippen molar-refractivity contribution in [2.24, 2.45) is 11.8 Å². The van der Waals surface area contributed by atoms with Crippen LogP contribution in [0.2, 0.25) is 0 Å². The summed E-state index contributed by atoms with van der Waals surface area (Å²) in [5, 5.41) is 21.6. The van der Waals surface area contributed by atoms with Crippen LogP contribution < -0.4 is 0 Å². The van der Waals surface area contributed by atoms with Gasteiger partial charge in [-0.25, -0.2) is 0 Å². The summed E-state index contributed by atoms with van der Waals surface area (Å²) in [6, 6.07) is 0. The van der Waals surface area contributed by atoms with Crippen molar-refractivity contribution in [3.05, 3.63) is 0 Å². The van der Waals surface area contributed by atoms with Gasteiger partial charge in [-0.3, -0.25) is 0 Å². The Bertz CT molecular complexity index is 243. The lowest BCUT2D eigenvalue weighted by molar-refractivity contribution is -0.125. The maximum atomic E-state index is 10.8. The highest BCUT2D eigenvalue weighted by molar-refractivity contribution is 4.94. The second-order valence-corrected chi connectivity index (χ2v) is 6.58. The molecule has 3 atom stereocenters. The zero-order valence-corrected chi connectivity index (χ0v) is 11.9. The van der Waals surface area contributed by atoms with Crippen molar-refractivity contribution in [3.63, 3.8) is 0 Å². The monoisotopic (exact) mass is 254 g/mol. The summed E-state index contributed by atoms with van der Waals surface area (Å²) in [6.07, 6.45) is 11.8. The summed E-state index contributed by atoms with van der Waals surface area (Å²) < 4.78 is 0. The first-order chi connectivity index (χ1) is 8.67.